The van der Waals surface area contributed by atoms with Crippen LogP contribution in [0.5, 0.6) is 5.75 Å². The lowest BCUT2D eigenvalue weighted by Gasteiger charge is -2.31. The zero-order valence-corrected chi connectivity index (χ0v) is 14.4. The van der Waals surface area contributed by atoms with Crippen LogP contribution in [0.15, 0.2) is 30.3 Å². The van der Waals surface area contributed by atoms with Crippen LogP contribution < -0.4 is 15.0 Å². The molecule has 0 saturated carbocycles. The van der Waals surface area contributed by atoms with E-state index in [1.165, 1.54) is 0 Å². The smallest absolute Gasteiger partial charge is 0.306 e. The van der Waals surface area contributed by atoms with Crippen molar-refractivity contribution in [3.8, 4) is 5.75 Å². The Bertz CT molecular complexity index is 758. The van der Waals surface area contributed by atoms with Crippen LogP contribution in [0.1, 0.15) is 18.7 Å². The Morgan fingerprint density at radius 1 is 1.28 bits per heavy atom. The zero-order valence-electron chi connectivity index (χ0n) is 14.4. The van der Waals surface area contributed by atoms with Crippen molar-refractivity contribution in [3.63, 3.8) is 0 Å². The summed E-state index contributed by atoms with van der Waals surface area (Å²) in [5, 5.41) is 12.4. The number of carbonyl (C=O) groups is 1. The number of carboxylic acid groups (broad SMARTS) is 1. The van der Waals surface area contributed by atoms with Gasteiger partial charge in [0.1, 0.15) is 23.2 Å². The van der Waals surface area contributed by atoms with Crippen molar-refractivity contribution in [2.75, 3.05) is 30.4 Å². The van der Waals surface area contributed by atoms with Gasteiger partial charge in [-0.3, -0.25) is 4.79 Å². The van der Waals surface area contributed by atoms with E-state index in [1.807, 2.05) is 37.3 Å². The molecule has 0 aliphatic carbocycles. The predicted molar refractivity (Wildman–Crippen MR) is 95.6 cm³/mol. The molecule has 0 radical (unpaired) electrons. The number of rotatable bonds is 5. The number of aromatic nitrogens is 2. The maximum absolute atomic E-state index is 11.1. The van der Waals surface area contributed by atoms with Crippen molar-refractivity contribution >= 4 is 23.3 Å². The lowest BCUT2D eigenvalue weighted by molar-refractivity contribution is -0.142. The van der Waals surface area contributed by atoms with E-state index in [9.17, 15) is 4.79 Å². The van der Waals surface area contributed by atoms with Crippen LogP contribution in [0, 0.1) is 12.8 Å². The summed E-state index contributed by atoms with van der Waals surface area (Å²) >= 11 is 0. The molecule has 2 N–H and O–H groups in total. The van der Waals surface area contributed by atoms with E-state index >= 15 is 0 Å². The highest BCUT2D eigenvalue weighted by Gasteiger charge is 2.25. The molecule has 1 fully saturated rings. The van der Waals surface area contributed by atoms with Crippen molar-refractivity contribution in [2.45, 2.75) is 19.8 Å². The first-order valence-electron chi connectivity index (χ1n) is 8.29. The SMILES string of the molecule is COc1cccc(Nc2cc(N3CCC(C(=O)O)CC3)nc(C)n2)c1. The van der Waals surface area contributed by atoms with Gasteiger partial charge in [0, 0.05) is 30.9 Å². The van der Waals surface area contributed by atoms with E-state index in [-0.39, 0.29) is 5.92 Å². The largest absolute Gasteiger partial charge is 0.497 e. The van der Waals surface area contributed by atoms with Crippen LogP contribution in [-0.2, 0) is 4.79 Å². The summed E-state index contributed by atoms with van der Waals surface area (Å²) in [4.78, 5) is 22.2. The van der Waals surface area contributed by atoms with Gasteiger partial charge in [0.25, 0.3) is 0 Å². The number of ether oxygens (including phenoxy) is 1. The highest BCUT2D eigenvalue weighted by molar-refractivity contribution is 5.70. The average Bonchev–Trinajstić information content (AvgIpc) is 2.61. The molecule has 0 spiro atoms. The van der Waals surface area contributed by atoms with Gasteiger partial charge in [-0.25, -0.2) is 9.97 Å². The quantitative estimate of drug-likeness (QED) is 0.864. The minimum atomic E-state index is -0.709. The Hall–Kier alpha value is -2.83. The standard InChI is InChI=1S/C18H22N4O3/c1-12-19-16(21-14-4-3-5-15(10-14)25-2)11-17(20-12)22-8-6-13(7-9-22)18(23)24/h3-5,10-11,13H,6-9H2,1-2H3,(H,23,24)(H,19,20,21). The molecule has 0 amide bonds. The molecule has 1 aromatic carbocycles. The molecule has 1 aromatic heterocycles. The fraction of sp³-hybridized carbons (Fsp3) is 0.389. The second kappa shape index (κ2) is 7.38. The number of anilines is 3. The van der Waals surface area contributed by atoms with E-state index in [0.717, 1.165) is 17.3 Å². The van der Waals surface area contributed by atoms with Crippen LogP contribution >= 0.6 is 0 Å². The first kappa shape index (κ1) is 17.0. The number of carboxylic acids is 1. The van der Waals surface area contributed by atoms with E-state index in [1.54, 1.807) is 7.11 Å². The number of piperidine rings is 1. The van der Waals surface area contributed by atoms with Gasteiger partial charge in [0.2, 0.25) is 0 Å². The van der Waals surface area contributed by atoms with Crippen LogP contribution in [0.25, 0.3) is 0 Å². The summed E-state index contributed by atoms with van der Waals surface area (Å²) in [6, 6.07) is 9.53. The Balaban J connectivity index is 1.75. The van der Waals surface area contributed by atoms with E-state index in [0.29, 0.717) is 37.6 Å². The summed E-state index contributed by atoms with van der Waals surface area (Å²) in [7, 11) is 1.63. The number of aliphatic carboxylic acids is 1. The van der Waals surface area contributed by atoms with Gasteiger partial charge in [-0.05, 0) is 31.9 Å². The van der Waals surface area contributed by atoms with Gasteiger partial charge in [0.05, 0.1) is 13.0 Å². The van der Waals surface area contributed by atoms with Crippen molar-refractivity contribution < 1.29 is 14.6 Å². The number of nitrogens with one attached hydrogen (secondary N) is 1. The van der Waals surface area contributed by atoms with Gasteiger partial charge >= 0.3 is 5.97 Å². The van der Waals surface area contributed by atoms with Gasteiger partial charge in [-0.15, -0.1) is 0 Å². The third kappa shape index (κ3) is 4.17. The molecule has 1 aliphatic rings. The second-order valence-electron chi connectivity index (χ2n) is 6.12. The normalized spacial score (nSPS) is 15.0. The summed E-state index contributed by atoms with van der Waals surface area (Å²) in [6.45, 7) is 3.22. The first-order valence-corrected chi connectivity index (χ1v) is 8.29. The van der Waals surface area contributed by atoms with Crippen molar-refractivity contribution in [1.82, 2.24) is 9.97 Å². The van der Waals surface area contributed by atoms with Gasteiger partial charge in [0.15, 0.2) is 0 Å². The third-order valence-corrected chi connectivity index (χ3v) is 4.33. The van der Waals surface area contributed by atoms with Gasteiger partial charge in [-0.1, -0.05) is 6.07 Å². The Kier molecular flexibility index (Phi) is 5.02. The summed E-state index contributed by atoms with van der Waals surface area (Å²) < 4.78 is 5.24. The Labute approximate surface area is 146 Å². The molecular weight excluding hydrogens is 320 g/mol. The molecule has 0 unspecified atom stereocenters. The van der Waals surface area contributed by atoms with Crippen molar-refractivity contribution in [2.24, 2.45) is 5.92 Å². The summed E-state index contributed by atoms with van der Waals surface area (Å²) in [5.74, 6) is 2.00. The van der Waals surface area contributed by atoms with Gasteiger partial charge in [-0.2, -0.15) is 0 Å². The lowest BCUT2D eigenvalue weighted by atomic mass is 9.97. The van der Waals surface area contributed by atoms with E-state index in [2.05, 4.69) is 20.2 Å². The van der Waals surface area contributed by atoms with Crippen molar-refractivity contribution in [3.05, 3.63) is 36.2 Å². The maximum atomic E-state index is 11.1. The maximum Gasteiger partial charge on any atom is 0.306 e. The fourth-order valence-corrected chi connectivity index (χ4v) is 2.98. The zero-order chi connectivity index (χ0) is 17.8. The molecule has 2 heterocycles. The minimum absolute atomic E-state index is 0.256. The molecule has 25 heavy (non-hydrogen) atoms. The molecule has 1 saturated heterocycles. The van der Waals surface area contributed by atoms with Crippen LogP contribution in [-0.4, -0.2) is 41.2 Å². The Morgan fingerprint density at radius 2 is 2.04 bits per heavy atom. The number of methoxy groups -OCH3 is 1. The number of hydrogen-bond donors (Lipinski definition) is 2. The van der Waals surface area contributed by atoms with E-state index < -0.39 is 5.97 Å². The molecule has 3 rings (SSSR count). The number of benzene rings is 1. The van der Waals surface area contributed by atoms with Gasteiger partial charge < -0.3 is 20.1 Å². The predicted octanol–water partition coefficient (Wildman–Crippen LogP) is 2.84. The fourth-order valence-electron chi connectivity index (χ4n) is 2.98. The molecule has 0 atom stereocenters. The highest BCUT2D eigenvalue weighted by Crippen LogP contribution is 2.26. The minimum Gasteiger partial charge on any atom is -0.497 e. The molecule has 0 bridgehead atoms. The molecule has 132 valence electrons. The first-order chi connectivity index (χ1) is 12.0. The second-order valence-corrected chi connectivity index (χ2v) is 6.12. The number of hydrogen-bond acceptors (Lipinski definition) is 6. The van der Waals surface area contributed by atoms with Crippen LogP contribution in [0.2, 0.25) is 0 Å². The molecule has 2 aromatic rings. The van der Waals surface area contributed by atoms with E-state index in [4.69, 9.17) is 9.84 Å². The average molecular weight is 342 g/mol. The lowest BCUT2D eigenvalue weighted by Crippen LogP contribution is -2.36. The van der Waals surface area contributed by atoms with Crippen LogP contribution in [0.3, 0.4) is 0 Å². The topological polar surface area (TPSA) is 87.6 Å². The highest BCUT2D eigenvalue weighted by atomic mass is 16.5. The van der Waals surface area contributed by atoms with Crippen LogP contribution in [0.4, 0.5) is 17.3 Å². The number of nitrogens with zero attached hydrogens (tertiary/aromatic N) is 3. The molecule has 1 aliphatic heterocycles. The third-order valence-electron chi connectivity index (χ3n) is 4.33. The summed E-state index contributed by atoms with van der Waals surface area (Å²) in [6.07, 6.45) is 1.27. The molecule has 7 heteroatoms. The monoisotopic (exact) mass is 342 g/mol. The summed E-state index contributed by atoms with van der Waals surface area (Å²) in [5.41, 5.74) is 0.882. The molecular formula is C18H22N4O3. The molecule has 7 nitrogen and oxygen atoms in total. The van der Waals surface area contributed by atoms with Crippen molar-refractivity contribution in [1.29, 1.82) is 0 Å². The Morgan fingerprint density at radius 3 is 2.72 bits per heavy atom. The number of aryl methyl sites for hydroxylation is 1.